The molecule has 0 aromatic heterocycles. The van der Waals surface area contributed by atoms with Crippen LogP contribution in [0, 0.1) is 0 Å². The monoisotopic (exact) mass is 454 g/mol. The Labute approximate surface area is 132 Å². The van der Waals surface area contributed by atoms with Gasteiger partial charge < -0.3 is 27.0 Å². The average Bonchev–Trinajstić information content (AvgIpc) is 1.93. The van der Waals surface area contributed by atoms with E-state index in [9.17, 15) is 0 Å². The van der Waals surface area contributed by atoms with Gasteiger partial charge in [0, 0.05) is 0 Å². The van der Waals surface area contributed by atoms with Crippen LogP contribution < -0.4 is 0 Å². The molecule has 80 valence electrons. The molecule has 5 heteroatoms. The second-order valence-corrected chi connectivity index (χ2v) is 5.06. The van der Waals surface area contributed by atoms with E-state index in [1.54, 1.807) is 45.0 Å². The van der Waals surface area contributed by atoms with Gasteiger partial charge in [-0.2, -0.15) is 13.5 Å². The molecule has 0 saturated heterocycles. The molecule has 0 aliphatic carbocycles. The maximum absolute atomic E-state index is 2.23. The third-order valence-electron chi connectivity index (χ3n) is 1.06. The van der Waals surface area contributed by atoms with Crippen LogP contribution in [0.4, 0.5) is 0 Å². The van der Waals surface area contributed by atoms with Crippen LogP contribution in [0.15, 0.2) is 0 Å². The normalized spacial score (nSPS) is 6.31. The van der Waals surface area contributed by atoms with E-state index in [1.165, 1.54) is 34.6 Å². The van der Waals surface area contributed by atoms with E-state index in [0.29, 0.717) is 0 Å². The molecular weight excluding hydrogens is 430 g/mol. The molecule has 0 saturated carbocycles. The molecule has 0 heterocycles. The van der Waals surface area contributed by atoms with Crippen LogP contribution in [0.5, 0.6) is 0 Å². The molecule has 0 aromatic rings. The molecule has 0 nitrogen and oxygen atoms in total. The standard InChI is InChI=1S/2C4H9.3H2S.2Sn/c2*1-3-4-2;;;;;/h2*1,3-4H2,2H3;3*1H2;;/q;;;;;2*+1/p-2. The minimum atomic E-state index is 0. The Morgan fingerprint density at radius 2 is 1.00 bits per heavy atom. The maximum Gasteiger partial charge on any atom is -0.197 e. The zero-order valence-corrected chi connectivity index (χ0v) is 17.1. The molecule has 13 heavy (non-hydrogen) atoms. The predicted molar refractivity (Wildman–Crippen MR) is 78.8 cm³/mol. The minimum Gasteiger partial charge on any atom is -0.813 e. The van der Waals surface area contributed by atoms with Crippen molar-refractivity contribution in [1.82, 2.24) is 0 Å². The second-order valence-electron chi connectivity index (χ2n) is 2.21. The van der Waals surface area contributed by atoms with E-state index in [-0.39, 0.29) is 40.5 Å². The third-order valence-corrected chi connectivity index (χ3v) is 3.08. The second kappa shape index (κ2) is 36.5. The van der Waals surface area contributed by atoms with Gasteiger partial charge in [-0.05, 0) is 0 Å². The molecule has 0 spiro atoms. The Morgan fingerprint density at radius 3 is 1.00 bits per heavy atom. The van der Waals surface area contributed by atoms with Crippen molar-refractivity contribution in [3.8, 4) is 0 Å². The first kappa shape index (κ1) is 29.6. The summed E-state index contributed by atoms with van der Waals surface area (Å²) < 4.78 is 2.87. The molecule has 0 amide bonds. The molecule has 0 bridgehead atoms. The zero-order chi connectivity index (χ0) is 8.24. The first-order valence-electron chi connectivity index (χ1n) is 4.12. The van der Waals surface area contributed by atoms with Crippen molar-refractivity contribution < 1.29 is 0 Å². The maximum atomic E-state index is 2.23. The third kappa shape index (κ3) is 53.0. The number of hydrogen-bond donors (Lipinski definition) is 0. The van der Waals surface area contributed by atoms with Gasteiger partial charge in [-0.25, -0.2) is 0 Å². The summed E-state index contributed by atoms with van der Waals surface area (Å²) in [6.45, 7) is 4.45. The Kier molecular flexibility index (Phi) is 83.1. The van der Waals surface area contributed by atoms with Crippen LogP contribution in [0.2, 0.25) is 8.87 Å². The molecular formula is C8H22S3Sn2. The Balaban J connectivity index is -0.0000000267. The number of rotatable bonds is 4. The van der Waals surface area contributed by atoms with E-state index in [1.807, 2.05) is 0 Å². The zero-order valence-electron chi connectivity index (χ0n) is 8.64. The molecule has 4 radical (unpaired) electrons. The summed E-state index contributed by atoms with van der Waals surface area (Å²) in [5.41, 5.74) is 0. The van der Waals surface area contributed by atoms with Crippen LogP contribution in [0.1, 0.15) is 39.5 Å². The molecule has 0 rings (SSSR count). The average molecular weight is 452 g/mol. The van der Waals surface area contributed by atoms with Gasteiger partial charge in [0.25, 0.3) is 0 Å². The van der Waals surface area contributed by atoms with Gasteiger partial charge >= 0.3 is 93.5 Å². The molecule has 0 aromatic carbocycles. The summed E-state index contributed by atoms with van der Waals surface area (Å²) in [6.07, 6.45) is 5.59. The summed E-state index contributed by atoms with van der Waals surface area (Å²) in [4.78, 5) is 0. The number of hydrogen-bond acceptors (Lipinski definition) is 2. The molecule has 0 unspecified atom stereocenters. The van der Waals surface area contributed by atoms with Gasteiger partial charge in [-0.15, -0.1) is 0 Å². The van der Waals surface area contributed by atoms with Crippen LogP contribution in [-0.4, -0.2) is 45.0 Å². The summed E-state index contributed by atoms with van der Waals surface area (Å²) in [6, 6.07) is 0. The van der Waals surface area contributed by atoms with Gasteiger partial charge in [-0.1, -0.05) is 0 Å². The van der Waals surface area contributed by atoms with Crippen LogP contribution in [-0.2, 0) is 27.0 Å². The van der Waals surface area contributed by atoms with Crippen LogP contribution >= 0.6 is 13.5 Å². The van der Waals surface area contributed by atoms with Crippen molar-refractivity contribution in [3.63, 3.8) is 0 Å². The number of unbranched alkanes of at least 4 members (excludes halogenated alkanes) is 2. The van der Waals surface area contributed by atoms with Gasteiger partial charge in [0.05, 0.1) is 0 Å². The van der Waals surface area contributed by atoms with E-state index in [0.717, 1.165) is 0 Å². The summed E-state index contributed by atoms with van der Waals surface area (Å²) >= 11 is 3.37. The largest absolute Gasteiger partial charge is 0.813 e. The van der Waals surface area contributed by atoms with Gasteiger partial charge in [-0.3, -0.25) is 0 Å². The molecule has 0 atom stereocenters. The fraction of sp³-hybridized carbons (Fsp3) is 1.00. The van der Waals surface area contributed by atoms with E-state index in [2.05, 4.69) is 13.8 Å². The van der Waals surface area contributed by atoms with Gasteiger partial charge in [0.2, 0.25) is 0 Å². The van der Waals surface area contributed by atoms with Crippen molar-refractivity contribution >= 4 is 85.5 Å². The SMILES string of the molecule is CCC[CH2][Sn+].CCC[CH2][Sn+].S.[SH-].[SH-]. The smallest absolute Gasteiger partial charge is 0.197 e. The first-order chi connectivity index (χ1) is 4.83. The Morgan fingerprint density at radius 1 is 0.769 bits per heavy atom. The first-order valence-corrected chi connectivity index (χ1v) is 8.16. The summed E-state index contributed by atoms with van der Waals surface area (Å²) in [5.74, 6) is 0. The fourth-order valence-electron chi connectivity index (χ4n) is 0.354. The van der Waals surface area contributed by atoms with Crippen molar-refractivity contribution in [1.29, 1.82) is 0 Å². The molecule has 0 N–H and O–H groups in total. The summed E-state index contributed by atoms with van der Waals surface area (Å²) in [7, 11) is 0. The quantitative estimate of drug-likeness (QED) is 0.365. The van der Waals surface area contributed by atoms with Crippen molar-refractivity contribution in [2.45, 2.75) is 48.4 Å². The van der Waals surface area contributed by atoms with Crippen molar-refractivity contribution in [2.75, 3.05) is 0 Å². The van der Waals surface area contributed by atoms with Crippen LogP contribution in [0.3, 0.4) is 0 Å². The summed E-state index contributed by atoms with van der Waals surface area (Å²) in [5, 5.41) is 0. The molecule has 0 aliphatic rings. The number of thiol groups is 2. The van der Waals surface area contributed by atoms with Crippen molar-refractivity contribution in [3.05, 3.63) is 0 Å². The van der Waals surface area contributed by atoms with Crippen molar-refractivity contribution in [2.24, 2.45) is 0 Å². The van der Waals surface area contributed by atoms with E-state index in [4.69, 9.17) is 0 Å². The Hall–Kier alpha value is 2.65. The van der Waals surface area contributed by atoms with Crippen LogP contribution in [0.25, 0.3) is 0 Å². The topological polar surface area (TPSA) is 0 Å². The Bertz CT molecular complexity index is 38.4. The molecule has 0 aliphatic heterocycles. The fourth-order valence-corrected chi connectivity index (χ4v) is 2.37. The predicted octanol–water partition coefficient (Wildman–Crippen LogP) is 2.32. The van der Waals surface area contributed by atoms with Gasteiger partial charge in [0.1, 0.15) is 0 Å². The van der Waals surface area contributed by atoms with E-state index >= 15 is 0 Å². The molecule has 0 fully saturated rings. The van der Waals surface area contributed by atoms with E-state index < -0.39 is 0 Å². The minimum absolute atomic E-state index is 0. The van der Waals surface area contributed by atoms with Gasteiger partial charge in [0.15, 0.2) is 0 Å².